The highest BCUT2D eigenvalue weighted by Crippen LogP contribution is 2.25. The third kappa shape index (κ3) is 4.25. The van der Waals surface area contributed by atoms with Crippen molar-refractivity contribution >= 4 is 23.3 Å². The van der Waals surface area contributed by atoms with E-state index in [0.717, 1.165) is 23.8 Å². The van der Waals surface area contributed by atoms with Gasteiger partial charge in [0, 0.05) is 33.3 Å². The number of urea groups is 1. The van der Waals surface area contributed by atoms with E-state index in [-0.39, 0.29) is 12.1 Å². The van der Waals surface area contributed by atoms with Crippen LogP contribution >= 0.6 is 11.6 Å². The Hall–Kier alpha value is -1.46. The van der Waals surface area contributed by atoms with Crippen molar-refractivity contribution in [2.24, 2.45) is 0 Å². The summed E-state index contributed by atoms with van der Waals surface area (Å²) in [6, 6.07) is 7.79. The van der Waals surface area contributed by atoms with E-state index in [4.69, 9.17) is 16.3 Å². The molecule has 1 atom stereocenters. The number of anilines is 1. The van der Waals surface area contributed by atoms with Gasteiger partial charge in [-0.15, -0.1) is 0 Å². The summed E-state index contributed by atoms with van der Waals surface area (Å²) in [5.41, 5.74) is 1.03. The van der Waals surface area contributed by atoms with Crippen LogP contribution in [0.1, 0.15) is 6.92 Å². The molecule has 21 heavy (non-hydrogen) atoms. The number of para-hydroxylation sites is 1. The Morgan fingerprint density at radius 1 is 1.33 bits per heavy atom. The molecule has 5 nitrogen and oxygen atoms in total. The molecule has 1 aromatic rings. The van der Waals surface area contributed by atoms with E-state index in [1.807, 2.05) is 36.1 Å². The van der Waals surface area contributed by atoms with Gasteiger partial charge in [0.25, 0.3) is 0 Å². The number of nitrogens with zero attached hydrogens (tertiary/aromatic N) is 2. The second-order valence-corrected chi connectivity index (χ2v) is 5.64. The molecule has 1 N–H and O–H groups in total. The van der Waals surface area contributed by atoms with Crippen LogP contribution in [-0.2, 0) is 4.74 Å². The van der Waals surface area contributed by atoms with Gasteiger partial charge in [-0.2, -0.15) is 0 Å². The fraction of sp³-hybridized carbons (Fsp3) is 0.533. The average Bonchev–Trinajstić information content (AvgIpc) is 2.48. The third-order valence-electron chi connectivity index (χ3n) is 3.55. The van der Waals surface area contributed by atoms with Crippen LogP contribution in [0.4, 0.5) is 10.5 Å². The molecular formula is C15H22ClN3O2. The average molecular weight is 312 g/mol. The van der Waals surface area contributed by atoms with E-state index in [0.29, 0.717) is 19.7 Å². The molecule has 0 aliphatic carbocycles. The van der Waals surface area contributed by atoms with Gasteiger partial charge in [-0.25, -0.2) is 4.79 Å². The first-order chi connectivity index (χ1) is 10.1. The molecule has 1 aromatic carbocycles. The number of carbonyl (C=O) groups is 1. The monoisotopic (exact) mass is 311 g/mol. The lowest BCUT2D eigenvalue weighted by Crippen LogP contribution is -2.53. The Bertz CT molecular complexity index is 476. The second-order valence-electron chi connectivity index (χ2n) is 5.23. The van der Waals surface area contributed by atoms with Gasteiger partial charge in [0.05, 0.1) is 23.4 Å². The number of piperazine rings is 1. The van der Waals surface area contributed by atoms with Crippen LogP contribution < -0.4 is 10.2 Å². The molecule has 116 valence electrons. The molecule has 2 amide bonds. The number of hydrogen-bond acceptors (Lipinski definition) is 3. The maximum absolute atomic E-state index is 12.1. The van der Waals surface area contributed by atoms with Gasteiger partial charge in [0.1, 0.15) is 0 Å². The molecule has 1 unspecified atom stereocenters. The molecule has 1 fully saturated rings. The van der Waals surface area contributed by atoms with E-state index in [1.165, 1.54) is 0 Å². The fourth-order valence-corrected chi connectivity index (χ4v) is 2.71. The number of hydrogen-bond donors (Lipinski definition) is 1. The van der Waals surface area contributed by atoms with Gasteiger partial charge in [-0.3, -0.25) is 0 Å². The maximum atomic E-state index is 12.1. The predicted octanol–water partition coefficient (Wildman–Crippen LogP) is 2.21. The van der Waals surface area contributed by atoms with Gasteiger partial charge in [0.15, 0.2) is 0 Å². The molecule has 1 saturated heterocycles. The summed E-state index contributed by atoms with van der Waals surface area (Å²) in [4.78, 5) is 16.2. The maximum Gasteiger partial charge on any atom is 0.317 e. The minimum absolute atomic E-state index is 0.0177. The number of methoxy groups -OCH3 is 1. The minimum atomic E-state index is -0.0293. The Labute approximate surface area is 130 Å². The largest absolute Gasteiger partial charge is 0.383 e. The van der Waals surface area contributed by atoms with Crippen molar-refractivity contribution in [1.82, 2.24) is 10.2 Å². The number of amides is 2. The van der Waals surface area contributed by atoms with Crippen molar-refractivity contribution in [3.05, 3.63) is 29.3 Å². The first-order valence-electron chi connectivity index (χ1n) is 7.15. The molecule has 2 rings (SSSR count). The predicted molar refractivity (Wildman–Crippen MR) is 85.1 cm³/mol. The highest BCUT2D eigenvalue weighted by Gasteiger charge is 2.22. The topological polar surface area (TPSA) is 44.8 Å². The molecular weight excluding hydrogens is 290 g/mol. The second kappa shape index (κ2) is 7.52. The summed E-state index contributed by atoms with van der Waals surface area (Å²) in [7, 11) is 1.63. The lowest BCUT2D eigenvalue weighted by molar-refractivity contribution is 0.158. The fourth-order valence-electron chi connectivity index (χ4n) is 2.45. The van der Waals surface area contributed by atoms with Crippen molar-refractivity contribution in [1.29, 1.82) is 0 Å². The Kier molecular flexibility index (Phi) is 5.70. The number of halogens is 1. The van der Waals surface area contributed by atoms with Gasteiger partial charge < -0.3 is 19.9 Å². The Morgan fingerprint density at radius 2 is 2.00 bits per heavy atom. The molecule has 0 saturated carbocycles. The molecule has 6 heteroatoms. The zero-order chi connectivity index (χ0) is 15.2. The highest BCUT2D eigenvalue weighted by atomic mass is 35.5. The van der Waals surface area contributed by atoms with Crippen molar-refractivity contribution in [3.63, 3.8) is 0 Å². The molecule has 0 spiro atoms. The first kappa shape index (κ1) is 15.9. The van der Waals surface area contributed by atoms with Crippen molar-refractivity contribution in [3.8, 4) is 0 Å². The number of carbonyl (C=O) groups excluding carboxylic acids is 1. The van der Waals surface area contributed by atoms with E-state index < -0.39 is 0 Å². The molecule has 1 aliphatic heterocycles. The van der Waals surface area contributed by atoms with Crippen LogP contribution in [0.3, 0.4) is 0 Å². The summed E-state index contributed by atoms with van der Waals surface area (Å²) >= 11 is 6.21. The smallest absolute Gasteiger partial charge is 0.317 e. The van der Waals surface area contributed by atoms with Gasteiger partial charge >= 0.3 is 6.03 Å². The molecule has 0 radical (unpaired) electrons. The lowest BCUT2D eigenvalue weighted by atomic mass is 10.2. The summed E-state index contributed by atoms with van der Waals surface area (Å²) < 4.78 is 5.02. The third-order valence-corrected chi connectivity index (χ3v) is 3.87. The van der Waals surface area contributed by atoms with Gasteiger partial charge in [0.2, 0.25) is 0 Å². The number of benzene rings is 1. The highest BCUT2D eigenvalue weighted by molar-refractivity contribution is 6.33. The van der Waals surface area contributed by atoms with Crippen molar-refractivity contribution < 1.29 is 9.53 Å². The summed E-state index contributed by atoms with van der Waals surface area (Å²) in [5.74, 6) is 0. The summed E-state index contributed by atoms with van der Waals surface area (Å²) in [5, 5.41) is 3.69. The molecule has 0 aromatic heterocycles. The number of rotatable bonds is 4. The van der Waals surface area contributed by atoms with Crippen LogP contribution in [0.5, 0.6) is 0 Å². The Morgan fingerprint density at radius 3 is 2.62 bits per heavy atom. The quantitative estimate of drug-likeness (QED) is 0.927. The zero-order valence-corrected chi connectivity index (χ0v) is 13.3. The van der Waals surface area contributed by atoms with Crippen LogP contribution in [0, 0.1) is 0 Å². The summed E-state index contributed by atoms with van der Waals surface area (Å²) in [6.45, 7) is 5.41. The molecule has 0 bridgehead atoms. The van der Waals surface area contributed by atoms with Crippen LogP contribution in [-0.4, -0.2) is 56.9 Å². The van der Waals surface area contributed by atoms with E-state index in [1.54, 1.807) is 7.11 Å². The first-order valence-corrected chi connectivity index (χ1v) is 7.53. The lowest BCUT2D eigenvalue weighted by Gasteiger charge is -2.36. The van der Waals surface area contributed by atoms with Crippen LogP contribution in [0.15, 0.2) is 24.3 Å². The van der Waals surface area contributed by atoms with Crippen LogP contribution in [0.2, 0.25) is 5.02 Å². The van der Waals surface area contributed by atoms with Crippen molar-refractivity contribution in [2.45, 2.75) is 13.0 Å². The Balaban J connectivity index is 1.86. The van der Waals surface area contributed by atoms with Crippen LogP contribution in [0.25, 0.3) is 0 Å². The van der Waals surface area contributed by atoms with Gasteiger partial charge in [-0.1, -0.05) is 23.7 Å². The summed E-state index contributed by atoms with van der Waals surface area (Å²) in [6.07, 6.45) is 0. The van der Waals surface area contributed by atoms with Crippen molar-refractivity contribution in [2.75, 3.05) is 44.8 Å². The molecule has 1 heterocycles. The standard InChI is InChI=1S/C15H22ClN3O2/c1-12(11-21-2)17-15(20)19-9-7-18(8-10-19)14-6-4-3-5-13(14)16/h3-6,12H,7-11H2,1-2H3,(H,17,20). The van der Waals surface area contributed by atoms with Gasteiger partial charge in [-0.05, 0) is 19.1 Å². The van der Waals surface area contributed by atoms with E-state index in [9.17, 15) is 4.79 Å². The number of ether oxygens (including phenoxy) is 1. The minimum Gasteiger partial charge on any atom is -0.383 e. The van der Waals surface area contributed by atoms with E-state index >= 15 is 0 Å². The number of nitrogens with one attached hydrogen (secondary N) is 1. The zero-order valence-electron chi connectivity index (χ0n) is 12.5. The van der Waals surface area contributed by atoms with E-state index in [2.05, 4.69) is 10.2 Å². The molecule has 1 aliphatic rings. The SMILES string of the molecule is COCC(C)NC(=O)N1CCN(c2ccccc2Cl)CC1. The normalized spacial score (nSPS) is 16.7.